The molecule has 3 N–H and O–H groups in total. The predicted molar refractivity (Wildman–Crippen MR) is 109 cm³/mol. The third kappa shape index (κ3) is 6.75. The lowest BCUT2D eigenvalue weighted by Crippen LogP contribution is -2.41. The topological polar surface area (TPSA) is 90.5 Å². The van der Waals surface area contributed by atoms with E-state index in [-0.39, 0.29) is 12.5 Å². The van der Waals surface area contributed by atoms with E-state index in [1.807, 2.05) is 61.5 Å². The lowest BCUT2D eigenvalue weighted by molar-refractivity contribution is -0.129. The summed E-state index contributed by atoms with van der Waals surface area (Å²) in [4.78, 5) is 37.2. The van der Waals surface area contributed by atoms with E-state index in [0.29, 0.717) is 19.6 Å². The molecule has 0 saturated heterocycles. The molecule has 7 heteroatoms. The number of hydrogen-bond acceptors (Lipinski definition) is 4. The Bertz CT molecular complexity index is 808. The first-order valence-corrected chi connectivity index (χ1v) is 9.18. The highest BCUT2D eigenvalue weighted by molar-refractivity contribution is 5.96. The first kappa shape index (κ1) is 21.0. The number of para-hydroxylation sites is 1. The van der Waals surface area contributed by atoms with Crippen LogP contribution in [0.4, 0.5) is 10.5 Å². The Kier molecular flexibility index (Phi) is 8.02. The van der Waals surface area contributed by atoms with Crippen LogP contribution in [-0.4, -0.2) is 35.8 Å². The van der Waals surface area contributed by atoms with Crippen molar-refractivity contribution < 1.29 is 14.4 Å². The first-order valence-electron chi connectivity index (χ1n) is 9.18. The molecular weight excluding hydrogens is 356 g/mol. The van der Waals surface area contributed by atoms with Crippen LogP contribution in [-0.2, 0) is 22.7 Å². The van der Waals surface area contributed by atoms with Gasteiger partial charge < -0.3 is 15.5 Å². The van der Waals surface area contributed by atoms with Gasteiger partial charge in [-0.3, -0.25) is 14.9 Å². The summed E-state index contributed by atoms with van der Waals surface area (Å²) in [6.07, 6.45) is 0. The molecule has 0 spiro atoms. The number of imide groups is 1. The second-order valence-corrected chi connectivity index (χ2v) is 6.26. The van der Waals surface area contributed by atoms with E-state index in [0.717, 1.165) is 16.8 Å². The standard InChI is InChI=1S/C21H26N4O3/c1-3-25(16(2)26)15-18-11-7-8-12-19(18)22-14-20(27)24-21(28)23-13-17-9-5-4-6-10-17/h4-12,22H,3,13-15H2,1-2H3,(H2,23,24,27,28). The van der Waals surface area contributed by atoms with Crippen molar-refractivity contribution in [2.75, 3.05) is 18.4 Å². The summed E-state index contributed by atoms with van der Waals surface area (Å²) in [7, 11) is 0. The minimum absolute atomic E-state index is 0.00914. The highest BCUT2D eigenvalue weighted by atomic mass is 16.2. The van der Waals surface area contributed by atoms with Crippen LogP contribution in [0, 0.1) is 0 Å². The van der Waals surface area contributed by atoms with Gasteiger partial charge in [-0.25, -0.2) is 4.79 Å². The third-order valence-electron chi connectivity index (χ3n) is 4.19. The molecule has 0 unspecified atom stereocenters. The first-order chi connectivity index (χ1) is 13.5. The van der Waals surface area contributed by atoms with Crippen molar-refractivity contribution in [3.05, 3.63) is 65.7 Å². The summed E-state index contributed by atoms with van der Waals surface area (Å²) in [6.45, 7) is 4.79. The fourth-order valence-corrected chi connectivity index (χ4v) is 2.65. The Morgan fingerprint density at radius 2 is 1.64 bits per heavy atom. The SMILES string of the molecule is CCN(Cc1ccccc1NCC(=O)NC(=O)NCc1ccccc1)C(C)=O. The second-order valence-electron chi connectivity index (χ2n) is 6.26. The molecule has 0 aromatic heterocycles. The number of hydrogen-bond donors (Lipinski definition) is 3. The monoisotopic (exact) mass is 382 g/mol. The van der Waals surface area contributed by atoms with Crippen LogP contribution in [0.1, 0.15) is 25.0 Å². The molecule has 0 bridgehead atoms. The normalized spacial score (nSPS) is 10.1. The van der Waals surface area contributed by atoms with Gasteiger partial charge in [0.15, 0.2) is 0 Å². The smallest absolute Gasteiger partial charge is 0.321 e. The average Bonchev–Trinajstić information content (AvgIpc) is 2.70. The van der Waals surface area contributed by atoms with Crippen LogP contribution >= 0.6 is 0 Å². The zero-order valence-electron chi connectivity index (χ0n) is 16.2. The average molecular weight is 382 g/mol. The molecule has 0 aliphatic heterocycles. The van der Waals surface area contributed by atoms with E-state index in [4.69, 9.17) is 0 Å². The lowest BCUT2D eigenvalue weighted by Gasteiger charge is -2.21. The van der Waals surface area contributed by atoms with Crippen molar-refractivity contribution in [2.24, 2.45) is 0 Å². The van der Waals surface area contributed by atoms with Gasteiger partial charge in [0, 0.05) is 32.2 Å². The van der Waals surface area contributed by atoms with E-state index >= 15 is 0 Å². The molecule has 2 rings (SSSR count). The van der Waals surface area contributed by atoms with E-state index in [2.05, 4.69) is 16.0 Å². The Hall–Kier alpha value is -3.35. The number of nitrogens with one attached hydrogen (secondary N) is 3. The maximum Gasteiger partial charge on any atom is 0.321 e. The maximum atomic E-state index is 12.0. The summed E-state index contributed by atoms with van der Waals surface area (Å²) < 4.78 is 0. The van der Waals surface area contributed by atoms with Gasteiger partial charge in [0.2, 0.25) is 11.8 Å². The number of rotatable bonds is 8. The van der Waals surface area contributed by atoms with Gasteiger partial charge in [-0.05, 0) is 24.1 Å². The maximum absolute atomic E-state index is 12.0. The number of amides is 4. The van der Waals surface area contributed by atoms with Crippen molar-refractivity contribution in [3.8, 4) is 0 Å². The van der Waals surface area contributed by atoms with Gasteiger partial charge in [-0.1, -0.05) is 48.5 Å². The molecule has 0 aliphatic carbocycles. The molecule has 0 heterocycles. The number of benzene rings is 2. The van der Waals surface area contributed by atoms with Gasteiger partial charge in [0.05, 0.1) is 6.54 Å². The molecule has 2 aromatic carbocycles. The minimum atomic E-state index is -0.544. The summed E-state index contributed by atoms with van der Waals surface area (Å²) >= 11 is 0. The van der Waals surface area contributed by atoms with Crippen LogP contribution in [0.2, 0.25) is 0 Å². The third-order valence-corrected chi connectivity index (χ3v) is 4.19. The largest absolute Gasteiger partial charge is 0.376 e. The van der Waals surface area contributed by atoms with Crippen LogP contribution in [0.25, 0.3) is 0 Å². The Morgan fingerprint density at radius 3 is 2.32 bits per heavy atom. The van der Waals surface area contributed by atoms with Crippen molar-refractivity contribution in [1.82, 2.24) is 15.5 Å². The van der Waals surface area contributed by atoms with Crippen molar-refractivity contribution in [2.45, 2.75) is 26.9 Å². The van der Waals surface area contributed by atoms with E-state index in [1.165, 1.54) is 6.92 Å². The molecule has 0 atom stereocenters. The van der Waals surface area contributed by atoms with Gasteiger partial charge in [0.25, 0.3) is 0 Å². The predicted octanol–water partition coefficient (Wildman–Crippen LogP) is 2.49. The molecule has 28 heavy (non-hydrogen) atoms. The number of carbonyl (C=O) groups is 3. The van der Waals surface area contributed by atoms with E-state index in [1.54, 1.807) is 4.90 Å². The fraction of sp³-hybridized carbons (Fsp3) is 0.286. The van der Waals surface area contributed by atoms with Crippen LogP contribution < -0.4 is 16.0 Å². The molecule has 2 aromatic rings. The van der Waals surface area contributed by atoms with Gasteiger partial charge in [-0.2, -0.15) is 0 Å². The molecular formula is C21H26N4O3. The Labute approximate surface area is 165 Å². The van der Waals surface area contributed by atoms with Gasteiger partial charge in [0.1, 0.15) is 0 Å². The number of carbonyl (C=O) groups excluding carboxylic acids is 3. The minimum Gasteiger partial charge on any atom is -0.376 e. The van der Waals surface area contributed by atoms with Crippen molar-refractivity contribution >= 4 is 23.5 Å². The molecule has 148 valence electrons. The van der Waals surface area contributed by atoms with Crippen LogP contribution in [0.15, 0.2) is 54.6 Å². The second kappa shape index (κ2) is 10.7. The summed E-state index contributed by atoms with van der Waals surface area (Å²) in [6, 6.07) is 16.4. The van der Waals surface area contributed by atoms with Crippen molar-refractivity contribution in [1.29, 1.82) is 0 Å². The van der Waals surface area contributed by atoms with E-state index < -0.39 is 11.9 Å². The van der Waals surface area contributed by atoms with Crippen molar-refractivity contribution in [3.63, 3.8) is 0 Å². The Balaban J connectivity index is 1.83. The van der Waals surface area contributed by atoms with Crippen LogP contribution in [0.3, 0.4) is 0 Å². The summed E-state index contributed by atoms with van der Waals surface area (Å²) in [5, 5.41) is 7.97. The fourth-order valence-electron chi connectivity index (χ4n) is 2.65. The molecule has 0 saturated carbocycles. The quantitative estimate of drug-likeness (QED) is 0.654. The highest BCUT2D eigenvalue weighted by Gasteiger charge is 2.12. The molecule has 7 nitrogen and oxygen atoms in total. The zero-order valence-corrected chi connectivity index (χ0v) is 16.2. The molecule has 0 fully saturated rings. The Morgan fingerprint density at radius 1 is 0.964 bits per heavy atom. The molecule has 0 radical (unpaired) electrons. The highest BCUT2D eigenvalue weighted by Crippen LogP contribution is 2.17. The number of nitrogens with zero attached hydrogens (tertiary/aromatic N) is 1. The number of anilines is 1. The van der Waals surface area contributed by atoms with Gasteiger partial charge >= 0.3 is 6.03 Å². The lowest BCUT2D eigenvalue weighted by atomic mass is 10.1. The van der Waals surface area contributed by atoms with Gasteiger partial charge in [-0.15, -0.1) is 0 Å². The number of urea groups is 1. The molecule has 0 aliphatic rings. The molecule has 4 amide bonds. The van der Waals surface area contributed by atoms with E-state index in [9.17, 15) is 14.4 Å². The van der Waals surface area contributed by atoms with Crippen LogP contribution in [0.5, 0.6) is 0 Å². The summed E-state index contributed by atoms with van der Waals surface area (Å²) in [5.74, 6) is -0.454. The zero-order chi connectivity index (χ0) is 20.4. The summed E-state index contributed by atoms with van der Waals surface area (Å²) in [5.41, 5.74) is 2.60.